The van der Waals surface area contributed by atoms with Crippen molar-refractivity contribution in [1.82, 2.24) is 0 Å². The molecule has 0 aliphatic rings. The van der Waals surface area contributed by atoms with E-state index in [1.165, 1.54) is 19.2 Å². The van der Waals surface area contributed by atoms with Gasteiger partial charge in [0.05, 0.1) is 24.4 Å². The van der Waals surface area contributed by atoms with Crippen LogP contribution >= 0.6 is 0 Å². The molecule has 5 nitrogen and oxygen atoms in total. The molecule has 0 spiro atoms. The monoisotopic (exact) mass is 236 g/mol. The number of nitrogens with zero attached hydrogens (tertiary/aromatic N) is 1. The fourth-order valence-corrected chi connectivity index (χ4v) is 1.13. The normalized spacial score (nSPS) is 9.24. The number of benzene rings is 1. The van der Waals surface area contributed by atoms with Crippen LogP contribution in [-0.2, 0) is 9.53 Å². The van der Waals surface area contributed by atoms with E-state index in [4.69, 9.17) is 5.26 Å². The number of halogens is 1. The van der Waals surface area contributed by atoms with Crippen molar-refractivity contribution in [2.75, 3.05) is 12.4 Å². The predicted molar refractivity (Wildman–Crippen MR) is 56.6 cm³/mol. The molecule has 1 aromatic carbocycles. The van der Waals surface area contributed by atoms with Crippen molar-refractivity contribution in [3.63, 3.8) is 0 Å². The van der Waals surface area contributed by atoms with Crippen LogP contribution in [0, 0.1) is 17.1 Å². The second-order valence-electron chi connectivity index (χ2n) is 3.07. The van der Waals surface area contributed by atoms with Gasteiger partial charge >= 0.3 is 5.97 Å². The van der Waals surface area contributed by atoms with E-state index in [2.05, 4.69) is 10.1 Å². The van der Waals surface area contributed by atoms with E-state index in [9.17, 15) is 14.0 Å². The topological polar surface area (TPSA) is 79.2 Å². The number of ether oxygens (including phenoxy) is 1. The van der Waals surface area contributed by atoms with Crippen LogP contribution in [0.4, 0.5) is 10.1 Å². The molecular formula is C11H9FN2O3. The Morgan fingerprint density at radius 2 is 2.24 bits per heavy atom. The Labute approximate surface area is 96.8 Å². The highest BCUT2D eigenvalue weighted by Crippen LogP contribution is 2.16. The average molecular weight is 236 g/mol. The minimum absolute atomic E-state index is 0.0447. The summed E-state index contributed by atoms with van der Waals surface area (Å²) in [5, 5.41) is 10.5. The van der Waals surface area contributed by atoms with Gasteiger partial charge in [-0.25, -0.2) is 9.18 Å². The molecule has 1 amide bonds. The van der Waals surface area contributed by atoms with Crippen molar-refractivity contribution in [2.24, 2.45) is 0 Å². The van der Waals surface area contributed by atoms with Crippen molar-refractivity contribution < 1.29 is 18.7 Å². The molecule has 0 saturated carbocycles. The third-order valence-electron chi connectivity index (χ3n) is 1.90. The molecule has 0 aliphatic carbocycles. The largest absolute Gasteiger partial charge is 0.465 e. The SMILES string of the molecule is COC(=O)c1ccc(NC(=O)CC#N)c(F)c1. The first-order valence-corrected chi connectivity index (χ1v) is 4.63. The molecule has 1 rings (SSSR count). The Hall–Kier alpha value is -2.42. The van der Waals surface area contributed by atoms with Crippen LogP contribution in [0.25, 0.3) is 0 Å². The van der Waals surface area contributed by atoms with Crippen molar-refractivity contribution in [3.8, 4) is 6.07 Å². The standard InChI is InChI=1S/C11H9FN2O3/c1-17-11(16)7-2-3-9(8(12)6-7)14-10(15)4-5-13/h2-3,6H,4H2,1H3,(H,14,15). The summed E-state index contributed by atoms with van der Waals surface area (Å²) in [5.41, 5.74) is -0.0406. The zero-order chi connectivity index (χ0) is 12.8. The molecule has 0 unspecified atom stereocenters. The highest BCUT2D eigenvalue weighted by Gasteiger charge is 2.11. The number of anilines is 1. The number of carbonyl (C=O) groups excluding carboxylic acids is 2. The number of esters is 1. The number of methoxy groups -OCH3 is 1. The van der Waals surface area contributed by atoms with Gasteiger partial charge in [-0.15, -0.1) is 0 Å². The molecule has 1 N–H and O–H groups in total. The highest BCUT2D eigenvalue weighted by molar-refractivity contribution is 5.94. The Morgan fingerprint density at radius 3 is 2.76 bits per heavy atom. The molecule has 0 fully saturated rings. The summed E-state index contributed by atoms with van der Waals surface area (Å²) < 4.78 is 17.9. The maximum absolute atomic E-state index is 13.4. The smallest absolute Gasteiger partial charge is 0.337 e. The third-order valence-corrected chi connectivity index (χ3v) is 1.90. The van der Waals surface area contributed by atoms with Crippen LogP contribution in [0.2, 0.25) is 0 Å². The Kier molecular flexibility index (Phi) is 4.17. The quantitative estimate of drug-likeness (QED) is 0.806. The van der Waals surface area contributed by atoms with Crippen LogP contribution in [0.3, 0.4) is 0 Å². The van der Waals surface area contributed by atoms with Gasteiger partial charge in [0, 0.05) is 0 Å². The lowest BCUT2D eigenvalue weighted by atomic mass is 10.2. The van der Waals surface area contributed by atoms with Gasteiger partial charge in [0.15, 0.2) is 0 Å². The number of amides is 1. The van der Waals surface area contributed by atoms with Gasteiger partial charge in [-0.2, -0.15) is 5.26 Å². The zero-order valence-electron chi connectivity index (χ0n) is 8.99. The van der Waals surface area contributed by atoms with Crippen molar-refractivity contribution in [3.05, 3.63) is 29.6 Å². The maximum atomic E-state index is 13.4. The van der Waals surface area contributed by atoms with Gasteiger partial charge in [0.2, 0.25) is 5.91 Å². The van der Waals surface area contributed by atoms with Crippen molar-refractivity contribution in [1.29, 1.82) is 5.26 Å². The number of nitriles is 1. The fourth-order valence-electron chi connectivity index (χ4n) is 1.13. The van der Waals surface area contributed by atoms with E-state index in [1.54, 1.807) is 6.07 Å². The Bertz CT molecular complexity index is 494. The van der Waals surface area contributed by atoms with E-state index < -0.39 is 17.7 Å². The van der Waals surface area contributed by atoms with Gasteiger partial charge < -0.3 is 10.1 Å². The first-order valence-electron chi connectivity index (χ1n) is 4.63. The zero-order valence-corrected chi connectivity index (χ0v) is 8.99. The molecule has 1 aromatic rings. The van der Waals surface area contributed by atoms with E-state index in [0.29, 0.717) is 0 Å². The average Bonchev–Trinajstić information content (AvgIpc) is 2.31. The Balaban J connectivity index is 2.87. The molecule has 0 heterocycles. The third kappa shape index (κ3) is 3.28. The van der Waals surface area contributed by atoms with E-state index >= 15 is 0 Å². The number of hydrogen-bond donors (Lipinski definition) is 1. The van der Waals surface area contributed by atoms with Gasteiger partial charge in [0.25, 0.3) is 0 Å². The molecular weight excluding hydrogens is 227 g/mol. The van der Waals surface area contributed by atoms with E-state index in [-0.39, 0.29) is 17.7 Å². The molecule has 0 saturated heterocycles. The van der Waals surface area contributed by atoms with E-state index in [1.807, 2.05) is 0 Å². The second kappa shape index (κ2) is 5.61. The molecule has 88 valence electrons. The lowest BCUT2D eigenvalue weighted by Gasteiger charge is -2.05. The summed E-state index contributed by atoms with van der Waals surface area (Å²) in [6.45, 7) is 0. The number of carbonyl (C=O) groups is 2. The summed E-state index contributed by atoms with van der Waals surface area (Å²) >= 11 is 0. The van der Waals surface area contributed by atoms with E-state index in [0.717, 1.165) is 6.07 Å². The minimum Gasteiger partial charge on any atom is -0.465 e. The summed E-state index contributed by atoms with van der Waals surface area (Å²) in [4.78, 5) is 22.1. The number of nitrogens with one attached hydrogen (secondary N) is 1. The van der Waals surface area contributed by atoms with Gasteiger partial charge in [-0.05, 0) is 18.2 Å². The summed E-state index contributed by atoms with van der Waals surface area (Å²) in [6, 6.07) is 5.14. The lowest BCUT2D eigenvalue weighted by Crippen LogP contribution is -2.12. The number of hydrogen-bond acceptors (Lipinski definition) is 4. The summed E-state index contributed by atoms with van der Waals surface area (Å²) in [5.74, 6) is -2.05. The predicted octanol–water partition coefficient (Wildman–Crippen LogP) is 1.46. The highest BCUT2D eigenvalue weighted by atomic mass is 19.1. The maximum Gasteiger partial charge on any atom is 0.337 e. The van der Waals surface area contributed by atoms with Crippen LogP contribution in [0.1, 0.15) is 16.8 Å². The molecule has 0 bridgehead atoms. The van der Waals surface area contributed by atoms with Gasteiger partial charge in [-0.1, -0.05) is 0 Å². The fraction of sp³-hybridized carbons (Fsp3) is 0.182. The molecule has 0 aliphatic heterocycles. The lowest BCUT2D eigenvalue weighted by molar-refractivity contribution is -0.115. The van der Waals surface area contributed by atoms with Crippen molar-refractivity contribution in [2.45, 2.75) is 6.42 Å². The molecule has 6 heteroatoms. The molecule has 0 radical (unpaired) electrons. The first-order chi connectivity index (χ1) is 8.08. The first kappa shape index (κ1) is 12.6. The van der Waals surface area contributed by atoms with Crippen LogP contribution in [0.15, 0.2) is 18.2 Å². The molecule has 0 atom stereocenters. The van der Waals surface area contributed by atoms with Crippen molar-refractivity contribution >= 4 is 17.6 Å². The molecule has 17 heavy (non-hydrogen) atoms. The second-order valence-corrected chi connectivity index (χ2v) is 3.07. The molecule has 0 aromatic heterocycles. The van der Waals surface area contributed by atoms with Crippen LogP contribution in [0.5, 0.6) is 0 Å². The van der Waals surface area contributed by atoms with Crippen LogP contribution in [-0.4, -0.2) is 19.0 Å². The Morgan fingerprint density at radius 1 is 1.53 bits per heavy atom. The summed E-state index contributed by atoms with van der Waals surface area (Å²) in [6.07, 6.45) is -0.363. The minimum atomic E-state index is -0.765. The van der Waals surface area contributed by atoms with Gasteiger partial charge in [0.1, 0.15) is 12.2 Å². The van der Waals surface area contributed by atoms with Crippen LogP contribution < -0.4 is 5.32 Å². The van der Waals surface area contributed by atoms with Gasteiger partial charge in [-0.3, -0.25) is 4.79 Å². The summed E-state index contributed by atoms with van der Waals surface area (Å²) in [7, 11) is 1.18. The number of rotatable bonds is 3.